The minimum Gasteiger partial charge on any atom is -0.406 e. The molecule has 0 unspecified atom stereocenters. The third-order valence-corrected chi connectivity index (χ3v) is 3.47. The van der Waals surface area contributed by atoms with Crippen molar-refractivity contribution in [2.75, 3.05) is 7.11 Å². The highest BCUT2D eigenvalue weighted by Gasteiger charge is 2.31. The summed E-state index contributed by atoms with van der Waals surface area (Å²) in [4.78, 5) is 8.53. The number of nitrogens with zero attached hydrogens (tertiary/aromatic N) is 3. The van der Waals surface area contributed by atoms with Crippen molar-refractivity contribution in [3.8, 4) is 17.0 Å². The van der Waals surface area contributed by atoms with Gasteiger partial charge in [-0.3, -0.25) is 4.98 Å². The molecule has 0 atom stereocenters. The lowest BCUT2D eigenvalue weighted by molar-refractivity contribution is -0.274. The van der Waals surface area contributed by atoms with E-state index in [-0.39, 0.29) is 12.4 Å². The predicted octanol–water partition coefficient (Wildman–Crippen LogP) is 4.78. The van der Waals surface area contributed by atoms with Gasteiger partial charge in [-0.15, -0.1) is 13.2 Å². The first-order valence-electron chi connectivity index (χ1n) is 8.05. The molecule has 0 N–H and O–H groups in total. The second-order valence-corrected chi connectivity index (χ2v) is 5.20. The maximum Gasteiger partial charge on any atom is 0.573 e. The van der Waals surface area contributed by atoms with E-state index in [1.54, 1.807) is 18.6 Å². The van der Waals surface area contributed by atoms with E-state index >= 15 is 0 Å². The quantitative estimate of drug-likeness (QED) is 0.666. The summed E-state index contributed by atoms with van der Waals surface area (Å²) in [6.07, 6.45) is 0.379. The van der Waals surface area contributed by atoms with Gasteiger partial charge in [-0.2, -0.15) is 0 Å². The zero-order chi connectivity index (χ0) is 19.3. The molecule has 3 aromatic rings. The number of alkyl halides is 3. The maximum absolute atomic E-state index is 12.4. The number of halogens is 3. The number of rotatable bonds is 4. The molecule has 0 bridgehead atoms. The zero-order valence-corrected chi connectivity index (χ0v) is 15.0. The number of ether oxygens (including phenoxy) is 2. The number of methoxy groups -OCH3 is 1. The van der Waals surface area contributed by atoms with Gasteiger partial charge in [0.1, 0.15) is 5.75 Å². The average molecular weight is 367 g/mol. The van der Waals surface area contributed by atoms with E-state index in [0.717, 1.165) is 5.69 Å². The summed E-state index contributed by atoms with van der Waals surface area (Å²) in [5.41, 5.74) is 3.44. The van der Waals surface area contributed by atoms with Crippen LogP contribution in [0.25, 0.3) is 16.9 Å². The third kappa shape index (κ3) is 4.51. The van der Waals surface area contributed by atoms with Crippen molar-refractivity contribution in [2.24, 2.45) is 0 Å². The van der Waals surface area contributed by atoms with Crippen LogP contribution in [-0.2, 0) is 11.3 Å². The first kappa shape index (κ1) is 19.7. The molecule has 0 spiro atoms. The number of imidazole rings is 1. The van der Waals surface area contributed by atoms with Crippen LogP contribution in [0.1, 0.15) is 25.1 Å². The van der Waals surface area contributed by atoms with Crippen molar-refractivity contribution in [3.05, 3.63) is 48.0 Å². The summed E-state index contributed by atoms with van der Waals surface area (Å²) in [5.74, 6) is -0.293. The molecular formula is C18H20F3N3O2. The average Bonchev–Trinajstić information content (AvgIpc) is 2.96. The second kappa shape index (κ2) is 8.18. The van der Waals surface area contributed by atoms with E-state index in [2.05, 4.69) is 14.7 Å². The largest absolute Gasteiger partial charge is 0.573 e. The lowest BCUT2D eigenvalue weighted by atomic mass is 10.0. The van der Waals surface area contributed by atoms with Crippen LogP contribution in [0.4, 0.5) is 13.2 Å². The van der Waals surface area contributed by atoms with Crippen LogP contribution in [0.15, 0.2) is 36.8 Å². The Labute approximate surface area is 149 Å². The molecule has 0 aliphatic heterocycles. The van der Waals surface area contributed by atoms with Crippen molar-refractivity contribution in [2.45, 2.75) is 33.7 Å². The zero-order valence-electron chi connectivity index (χ0n) is 15.0. The predicted molar refractivity (Wildman–Crippen MR) is 91.9 cm³/mol. The number of benzene rings is 1. The van der Waals surface area contributed by atoms with Crippen molar-refractivity contribution in [1.29, 1.82) is 0 Å². The van der Waals surface area contributed by atoms with Gasteiger partial charge in [0.25, 0.3) is 0 Å². The Morgan fingerprint density at radius 2 is 1.85 bits per heavy atom. The van der Waals surface area contributed by atoms with Gasteiger partial charge in [-0.05, 0) is 30.7 Å². The second-order valence-electron chi connectivity index (χ2n) is 5.20. The molecular weight excluding hydrogens is 347 g/mol. The smallest absolute Gasteiger partial charge is 0.406 e. The van der Waals surface area contributed by atoms with Crippen molar-refractivity contribution in [3.63, 3.8) is 0 Å². The summed E-state index contributed by atoms with van der Waals surface area (Å²) in [7, 11) is 1.47. The SMILES string of the molecule is CC.COCc1cc(OC(F)(F)F)ccc1-c1cn2c(C)cnc2cn1. The van der Waals surface area contributed by atoms with E-state index < -0.39 is 6.36 Å². The Hall–Kier alpha value is -2.61. The number of aromatic nitrogens is 3. The van der Waals surface area contributed by atoms with E-state index in [1.165, 1.54) is 25.3 Å². The van der Waals surface area contributed by atoms with Gasteiger partial charge in [0.2, 0.25) is 0 Å². The Morgan fingerprint density at radius 3 is 2.50 bits per heavy atom. The van der Waals surface area contributed by atoms with Gasteiger partial charge in [0, 0.05) is 30.8 Å². The van der Waals surface area contributed by atoms with E-state index in [9.17, 15) is 13.2 Å². The van der Waals surface area contributed by atoms with Crippen LogP contribution in [0, 0.1) is 6.92 Å². The van der Waals surface area contributed by atoms with Gasteiger partial charge >= 0.3 is 6.36 Å². The highest BCUT2D eigenvalue weighted by molar-refractivity contribution is 5.65. The molecule has 8 heteroatoms. The number of fused-ring (bicyclic) bond motifs is 1. The fraction of sp³-hybridized carbons (Fsp3) is 0.333. The Balaban J connectivity index is 0.00000117. The topological polar surface area (TPSA) is 48.7 Å². The van der Waals surface area contributed by atoms with Gasteiger partial charge < -0.3 is 13.9 Å². The van der Waals surface area contributed by atoms with E-state index in [1.807, 2.05) is 25.2 Å². The van der Waals surface area contributed by atoms with Crippen LogP contribution in [0.3, 0.4) is 0 Å². The first-order valence-corrected chi connectivity index (χ1v) is 8.05. The Morgan fingerprint density at radius 1 is 1.12 bits per heavy atom. The summed E-state index contributed by atoms with van der Waals surface area (Å²) >= 11 is 0. The van der Waals surface area contributed by atoms with Crippen molar-refractivity contribution in [1.82, 2.24) is 14.4 Å². The molecule has 140 valence electrons. The van der Waals surface area contributed by atoms with E-state index in [4.69, 9.17) is 4.74 Å². The third-order valence-electron chi connectivity index (χ3n) is 3.47. The molecule has 0 saturated carbocycles. The number of hydrogen-bond acceptors (Lipinski definition) is 4. The molecule has 0 amide bonds. The van der Waals surface area contributed by atoms with Crippen LogP contribution in [-0.4, -0.2) is 27.8 Å². The van der Waals surface area contributed by atoms with Gasteiger partial charge in [-0.25, -0.2) is 4.98 Å². The molecule has 0 aliphatic rings. The monoisotopic (exact) mass is 367 g/mol. The number of hydrogen-bond donors (Lipinski definition) is 0. The molecule has 5 nitrogen and oxygen atoms in total. The fourth-order valence-electron chi connectivity index (χ4n) is 2.44. The molecule has 2 aromatic heterocycles. The van der Waals surface area contributed by atoms with Crippen LogP contribution in [0.2, 0.25) is 0 Å². The minimum absolute atomic E-state index is 0.132. The summed E-state index contributed by atoms with van der Waals surface area (Å²) in [6.45, 7) is 6.03. The molecule has 26 heavy (non-hydrogen) atoms. The standard InChI is InChI=1S/C16H14F3N3O2.C2H6/c1-10-6-21-15-7-20-14(8-22(10)15)13-4-3-12(24-16(17,18)19)5-11(13)9-23-2;1-2/h3-8H,9H2,1-2H3;1-2H3. The van der Waals surface area contributed by atoms with Crippen LogP contribution >= 0.6 is 0 Å². The Kier molecular flexibility index (Phi) is 6.20. The molecule has 0 saturated heterocycles. The van der Waals surface area contributed by atoms with Gasteiger partial charge in [0.15, 0.2) is 5.65 Å². The first-order chi connectivity index (χ1) is 12.4. The minimum atomic E-state index is -4.74. The molecule has 2 heterocycles. The summed E-state index contributed by atoms with van der Waals surface area (Å²) < 4.78 is 48.1. The van der Waals surface area contributed by atoms with Gasteiger partial charge in [-0.1, -0.05) is 13.8 Å². The molecule has 0 aliphatic carbocycles. The molecule has 3 rings (SSSR count). The molecule has 0 fully saturated rings. The molecule has 1 aromatic carbocycles. The highest BCUT2D eigenvalue weighted by Crippen LogP contribution is 2.30. The van der Waals surface area contributed by atoms with E-state index in [0.29, 0.717) is 22.5 Å². The highest BCUT2D eigenvalue weighted by atomic mass is 19.4. The summed E-state index contributed by atoms with van der Waals surface area (Å²) in [5, 5.41) is 0. The molecule has 0 radical (unpaired) electrons. The van der Waals surface area contributed by atoms with Gasteiger partial charge in [0.05, 0.1) is 18.5 Å². The fourth-order valence-corrected chi connectivity index (χ4v) is 2.44. The van der Waals surface area contributed by atoms with Crippen LogP contribution < -0.4 is 4.74 Å². The van der Waals surface area contributed by atoms with Crippen LogP contribution in [0.5, 0.6) is 5.75 Å². The lowest BCUT2D eigenvalue weighted by Crippen LogP contribution is -2.17. The Bertz CT molecular complexity index is 876. The maximum atomic E-state index is 12.4. The van der Waals surface area contributed by atoms with Crippen molar-refractivity contribution >= 4 is 5.65 Å². The van der Waals surface area contributed by atoms with Crippen molar-refractivity contribution < 1.29 is 22.6 Å². The number of aryl methyl sites for hydroxylation is 1. The summed E-state index contributed by atoms with van der Waals surface area (Å²) in [6, 6.07) is 4.10. The normalized spacial score (nSPS) is 11.2. The lowest BCUT2D eigenvalue weighted by Gasteiger charge is -2.13.